The van der Waals surface area contributed by atoms with Gasteiger partial charge in [-0.05, 0) is 38.1 Å². The van der Waals surface area contributed by atoms with Gasteiger partial charge in [-0.3, -0.25) is 15.0 Å². The maximum Gasteiger partial charge on any atom is 0.269 e. The third kappa shape index (κ3) is 5.14. The number of β-amino-alcohol motifs (C(OH)–C–C–N with tert-alkyl or cyclic N) is 1. The van der Waals surface area contributed by atoms with Crippen molar-refractivity contribution in [3.05, 3.63) is 34.4 Å². The quantitative estimate of drug-likeness (QED) is 0.621. The van der Waals surface area contributed by atoms with Gasteiger partial charge in [0.25, 0.3) is 5.69 Å². The summed E-state index contributed by atoms with van der Waals surface area (Å²) in [5, 5.41) is 21.1. The van der Waals surface area contributed by atoms with Crippen molar-refractivity contribution < 1.29 is 10.0 Å². The van der Waals surface area contributed by atoms with E-state index in [0.29, 0.717) is 0 Å². The van der Waals surface area contributed by atoms with Crippen LogP contribution in [0.5, 0.6) is 0 Å². The highest BCUT2D eigenvalue weighted by atomic mass is 16.6. The summed E-state index contributed by atoms with van der Waals surface area (Å²) >= 11 is 0. The SMILES string of the molecule is O=[N+]([O-])c1ccc(N2CCN(CC(O)CN3CCCCC3)CC2)cc1. The highest BCUT2D eigenvalue weighted by Gasteiger charge is 2.21. The number of anilines is 1. The number of nitro benzene ring substituents is 1. The summed E-state index contributed by atoms with van der Waals surface area (Å²) in [6.07, 6.45) is 3.53. The van der Waals surface area contributed by atoms with E-state index in [1.807, 2.05) is 12.1 Å². The molecule has 7 nitrogen and oxygen atoms in total. The van der Waals surface area contributed by atoms with E-state index in [0.717, 1.165) is 58.0 Å². The van der Waals surface area contributed by atoms with Crippen molar-refractivity contribution in [2.45, 2.75) is 25.4 Å². The molecule has 0 aromatic heterocycles. The van der Waals surface area contributed by atoms with Gasteiger partial charge in [0.05, 0.1) is 11.0 Å². The molecule has 1 aromatic carbocycles. The van der Waals surface area contributed by atoms with E-state index in [9.17, 15) is 15.2 Å². The number of hydrogen-bond donors (Lipinski definition) is 1. The zero-order valence-corrected chi connectivity index (χ0v) is 14.7. The lowest BCUT2D eigenvalue weighted by molar-refractivity contribution is -0.384. The van der Waals surface area contributed by atoms with E-state index in [1.165, 1.54) is 19.3 Å². The van der Waals surface area contributed by atoms with Crippen molar-refractivity contribution in [1.82, 2.24) is 9.80 Å². The van der Waals surface area contributed by atoms with Gasteiger partial charge in [0.2, 0.25) is 0 Å². The van der Waals surface area contributed by atoms with Crippen LogP contribution in [0.25, 0.3) is 0 Å². The number of rotatable bonds is 6. The normalized spacial score (nSPS) is 21.2. The molecule has 1 N–H and O–H groups in total. The highest BCUT2D eigenvalue weighted by molar-refractivity contribution is 5.51. The van der Waals surface area contributed by atoms with Crippen LogP contribution in [0, 0.1) is 10.1 Å². The van der Waals surface area contributed by atoms with Gasteiger partial charge >= 0.3 is 0 Å². The Kier molecular flexibility index (Phi) is 6.23. The van der Waals surface area contributed by atoms with E-state index in [4.69, 9.17) is 0 Å². The summed E-state index contributed by atoms with van der Waals surface area (Å²) in [5.41, 5.74) is 1.15. The zero-order valence-electron chi connectivity index (χ0n) is 14.7. The van der Waals surface area contributed by atoms with Crippen LogP contribution in [0.4, 0.5) is 11.4 Å². The molecule has 2 fully saturated rings. The summed E-state index contributed by atoms with van der Waals surface area (Å²) < 4.78 is 0. The Morgan fingerprint density at radius 2 is 1.48 bits per heavy atom. The maximum atomic E-state index is 10.7. The van der Waals surface area contributed by atoms with Gasteiger partial charge in [0.15, 0.2) is 0 Å². The smallest absolute Gasteiger partial charge is 0.269 e. The van der Waals surface area contributed by atoms with E-state index < -0.39 is 0 Å². The number of aliphatic hydroxyl groups is 1. The first kappa shape index (κ1) is 18.1. The lowest BCUT2D eigenvalue weighted by atomic mass is 10.1. The molecule has 3 rings (SSSR count). The Bertz CT molecular complexity index is 552. The second-order valence-corrected chi connectivity index (χ2v) is 7.08. The molecule has 138 valence electrons. The molecule has 2 aliphatic heterocycles. The van der Waals surface area contributed by atoms with Crippen LogP contribution in [0.3, 0.4) is 0 Å². The van der Waals surface area contributed by atoms with Crippen LogP contribution < -0.4 is 4.90 Å². The molecular formula is C18H28N4O3. The molecule has 0 bridgehead atoms. The molecule has 7 heteroatoms. The summed E-state index contributed by atoms with van der Waals surface area (Å²) in [6, 6.07) is 6.76. The van der Waals surface area contributed by atoms with Gasteiger partial charge in [0, 0.05) is 57.1 Å². The molecule has 0 radical (unpaired) electrons. The Hall–Kier alpha value is -1.70. The minimum Gasteiger partial charge on any atom is -0.390 e. The van der Waals surface area contributed by atoms with Crippen LogP contribution in [0.1, 0.15) is 19.3 Å². The van der Waals surface area contributed by atoms with E-state index >= 15 is 0 Å². The average molecular weight is 348 g/mol. The number of likely N-dealkylation sites (tertiary alicyclic amines) is 1. The first-order valence-electron chi connectivity index (χ1n) is 9.24. The fourth-order valence-electron chi connectivity index (χ4n) is 3.77. The van der Waals surface area contributed by atoms with Gasteiger partial charge < -0.3 is 14.9 Å². The number of nitrogens with zero attached hydrogens (tertiary/aromatic N) is 4. The van der Waals surface area contributed by atoms with Gasteiger partial charge in [0.1, 0.15) is 0 Å². The second-order valence-electron chi connectivity index (χ2n) is 7.08. The Balaban J connectivity index is 1.42. The zero-order chi connectivity index (χ0) is 17.6. The molecule has 0 saturated carbocycles. The third-order valence-corrected chi connectivity index (χ3v) is 5.18. The molecule has 2 heterocycles. The molecule has 1 atom stereocenters. The standard InChI is InChI=1S/C18H28N4O3/c23-18(14-19-8-2-1-3-9-19)15-20-10-12-21(13-11-20)16-4-6-17(7-5-16)22(24)25/h4-7,18,23H,1-3,8-15H2. The summed E-state index contributed by atoms with van der Waals surface area (Å²) in [7, 11) is 0. The number of aliphatic hydroxyl groups excluding tert-OH is 1. The van der Waals surface area contributed by atoms with Crippen molar-refractivity contribution in [3.63, 3.8) is 0 Å². The van der Waals surface area contributed by atoms with Crippen molar-refractivity contribution >= 4 is 11.4 Å². The van der Waals surface area contributed by atoms with E-state index in [1.54, 1.807) is 12.1 Å². The average Bonchev–Trinajstić information content (AvgIpc) is 2.63. The topological polar surface area (TPSA) is 73.1 Å². The number of piperazine rings is 1. The highest BCUT2D eigenvalue weighted by Crippen LogP contribution is 2.20. The maximum absolute atomic E-state index is 10.7. The van der Waals surface area contributed by atoms with E-state index in [2.05, 4.69) is 14.7 Å². The minimum absolute atomic E-state index is 0.128. The van der Waals surface area contributed by atoms with Crippen LogP contribution in [-0.4, -0.2) is 78.3 Å². The molecule has 1 aromatic rings. The first-order chi connectivity index (χ1) is 12.1. The lowest BCUT2D eigenvalue weighted by Gasteiger charge is -2.37. The largest absolute Gasteiger partial charge is 0.390 e. The van der Waals surface area contributed by atoms with Gasteiger partial charge in [-0.25, -0.2) is 0 Å². The molecule has 0 spiro atoms. The summed E-state index contributed by atoms with van der Waals surface area (Å²) in [4.78, 5) is 17.3. The minimum atomic E-state index is -0.370. The lowest BCUT2D eigenvalue weighted by Crippen LogP contribution is -2.50. The fourth-order valence-corrected chi connectivity index (χ4v) is 3.77. The van der Waals surface area contributed by atoms with Crippen molar-refractivity contribution in [2.75, 3.05) is 57.3 Å². The van der Waals surface area contributed by atoms with E-state index in [-0.39, 0.29) is 16.7 Å². The summed E-state index contributed by atoms with van der Waals surface area (Å²) in [5.74, 6) is 0. The fraction of sp³-hybridized carbons (Fsp3) is 0.667. The molecule has 2 saturated heterocycles. The number of piperidine rings is 1. The monoisotopic (exact) mass is 348 g/mol. The Labute approximate surface area is 149 Å². The number of hydrogen-bond acceptors (Lipinski definition) is 6. The van der Waals surface area contributed by atoms with Crippen molar-refractivity contribution in [3.8, 4) is 0 Å². The molecule has 2 aliphatic rings. The molecular weight excluding hydrogens is 320 g/mol. The van der Waals surface area contributed by atoms with Crippen molar-refractivity contribution in [2.24, 2.45) is 0 Å². The van der Waals surface area contributed by atoms with Crippen LogP contribution >= 0.6 is 0 Å². The molecule has 25 heavy (non-hydrogen) atoms. The number of non-ortho nitro benzene ring substituents is 1. The predicted molar refractivity (Wildman–Crippen MR) is 98.0 cm³/mol. The first-order valence-corrected chi connectivity index (χ1v) is 9.24. The molecule has 0 aliphatic carbocycles. The number of nitro groups is 1. The van der Waals surface area contributed by atoms with Crippen molar-refractivity contribution in [1.29, 1.82) is 0 Å². The van der Waals surface area contributed by atoms with Gasteiger partial charge in [-0.1, -0.05) is 6.42 Å². The Morgan fingerprint density at radius 1 is 0.920 bits per heavy atom. The molecule has 0 amide bonds. The summed E-state index contributed by atoms with van der Waals surface area (Å²) in [6.45, 7) is 7.33. The Morgan fingerprint density at radius 3 is 2.04 bits per heavy atom. The third-order valence-electron chi connectivity index (χ3n) is 5.18. The predicted octanol–water partition coefficient (Wildman–Crippen LogP) is 1.56. The van der Waals surface area contributed by atoms with Crippen LogP contribution in [0.2, 0.25) is 0 Å². The van der Waals surface area contributed by atoms with Crippen LogP contribution in [0.15, 0.2) is 24.3 Å². The van der Waals surface area contributed by atoms with Gasteiger partial charge in [-0.15, -0.1) is 0 Å². The van der Waals surface area contributed by atoms with Gasteiger partial charge in [-0.2, -0.15) is 0 Å². The van der Waals surface area contributed by atoms with Crippen LogP contribution in [-0.2, 0) is 0 Å². The number of benzene rings is 1. The second kappa shape index (κ2) is 8.60. The molecule has 1 unspecified atom stereocenters.